The van der Waals surface area contributed by atoms with Crippen molar-refractivity contribution in [2.75, 3.05) is 51.2 Å². The topological polar surface area (TPSA) is 82.0 Å². The van der Waals surface area contributed by atoms with Gasteiger partial charge in [0.15, 0.2) is 0 Å². The second-order valence-corrected chi connectivity index (χ2v) is 11.7. The molecule has 3 aromatic rings. The average Bonchev–Trinajstić information content (AvgIpc) is 3.10. The Kier molecular flexibility index (Phi) is 9.10. The van der Waals surface area contributed by atoms with Gasteiger partial charge in [0.25, 0.3) is 0 Å². The summed E-state index contributed by atoms with van der Waals surface area (Å²) in [6.45, 7) is 8.15. The number of benzene rings is 1. The van der Waals surface area contributed by atoms with E-state index in [1.54, 1.807) is 12.3 Å². The highest BCUT2D eigenvalue weighted by molar-refractivity contribution is 6.35. The van der Waals surface area contributed by atoms with Crippen molar-refractivity contribution in [1.82, 2.24) is 19.8 Å². The van der Waals surface area contributed by atoms with Gasteiger partial charge in [-0.3, -0.25) is 9.69 Å². The molecule has 0 bridgehead atoms. The molecule has 4 heterocycles. The van der Waals surface area contributed by atoms with Crippen molar-refractivity contribution in [1.29, 1.82) is 0 Å². The van der Waals surface area contributed by atoms with E-state index in [-0.39, 0.29) is 11.8 Å². The molecule has 8 nitrogen and oxygen atoms in total. The van der Waals surface area contributed by atoms with Crippen molar-refractivity contribution in [2.45, 2.75) is 26.3 Å². The average molecular weight is 585 g/mol. The molecule has 0 amide bonds. The Morgan fingerprint density at radius 1 is 1.00 bits per heavy atom. The first-order valence-electron chi connectivity index (χ1n) is 13.7. The smallest absolute Gasteiger partial charge is 0.306 e. The lowest BCUT2D eigenvalue weighted by atomic mass is 9.90. The first-order chi connectivity index (χ1) is 19.2. The highest BCUT2D eigenvalue weighted by Gasteiger charge is 2.28. The summed E-state index contributed by atoms with van der Waals surface area (Å²) >= 11 is 12.6. The number of pyridine rings is 2. The molecular formula is C30H35Cl2N5O3. The van der Waals surface area contributed by atoms with Crippen molar-refractivity contribution in [3.05, 3.63) is 64.3 Å². The molecule has 212 valence electrons. The van der Waals surface area contributed by atoms with Crippen LogP contribution in [-0.4, -0.2) is 77.2 Å². The molecule has 2 aromatic heterocycles. The summed E-state index contributed by atoms with van der Waals surface area (Å²) in [6.07, 6.45) is 3.21. The van der Waals surface area contributed by atoms with E-state index in [1.807, 2.05) is 43.3 Å². The normalized spacial score (nSPS) is 20.8. The van der Waals surface area contributed by atoms with Crippen LogP contribution in [0.2, 0.25) is 10.0 Å². The first kappa shape index (κ1) is 28.6. The molecule has 1 N–H and O–H groups in total. The summed E-state index contributed by atoms with van der Waals surface area (Å²) in [5.41, 5.74) is 2.51. The molecule has 5 rings (SSSR count). The summed E-state index contributed by atoms with van der Waals surface area (Å²) in [4.78, 5) is 28.0. The third-order valence-electron chi connectivity index (χ3n) is 7.86. The van der Waals surface area contributed by atoms with E-state index in [0.29, 0.717) is 40.3 Å². The van der Waals surface area contributed by atoms with Crippen molar-refractivity contribution in [3.8, 4) is 22.9 Å². The summed E-state index contributed by atoms with van der Waals surface area (Å²) in [6, 6.07) is 13.2. The molecular weight excluding hydrogens is 549 g/mol. The molecule has 2 atom stereocenters. The number of aliphatic carboxylic acids is 1. The van der Waals surface area contributed by atoms with Crippen molar-refractivity contribution < 1.29 is 14.6 Å². The lowest BCUT2D eigenvalue weighted by molar-refractivity contribution is -0.143. The number of rotatable bonds is 7. The van der Waals surface area contributed by atoms with Crippen LogP contribution in [0.25, 0.3) is 11.3 Å². The fraction of sp³-hybridized carbons (Fsp3) is 0.433. The number of halogens is 2. The van der Waals surface area contributed by atoms with E-state index in [0.717, 1.165) is 62.6 Å². The Labute approximate surface area is 245 Å². The van der Waals surface area contributed by atoms with E-state index in [4.69, 9.17) is 32.9 Å². The van der Waals surface area contributed by atoms with Gasteiger partial charge in [0.05, 0.1) is 17.8 Å². The minimum Gasteiger partial charge on any atom is -0.481 e. The van der Waals surface area contributed by atoms with Crippen LogP contribution in [0.4, 0.5) is 5.82 Å². The fourth-order valence-corrected chi connectivity index (χ4v) is 5.94. The molecule has 1 aromatic carbocycles. The van der Waals surface area contributed by atoms with E-state index in [1.165, 1.54) is 0 Å². The SMILES string of the molecule is C[C@H]1CCN(Cc2cc(Oc3ccc(N4CCN(C)CC4)nc3)nc(-c3cc(Cl)cc(Cl)c3)c2)CCC1C(=O)O. The number of piperazine rings is 1. The number of carboxylic acids is 1. The highest BCUT2D eigenvalue weighted by atomic mass is 35.5. The number of anilines is 1. The number of aromatic nitrogens is 2. The number of nitrogens with zero attached hydrogens (tertiary/aromatic N) is 5. The Balaban J connectivity index is 1.38. The van der Waals surface area contributed by atoms with Gasteiger partial charge in [0.1, 0.15) is 11.6 Å². The molecule has 0 aliphatic carbocycles. The van der Waals surface area contributed by atoms with E-state index >= 15 is 0 Å². The van der Waals surface area contributed by atoms with Crippen molar-refractivity contribution in [2.24, 2.45) is 11.8 Å². The zero-order valence-electron chi connectivity index (χ0n) is 22.9. The number of carboxylic acid groups (broad SMARTS) is 1. The van der Waals surface area contributed by atoms with Crippen LogP contribution in [0.5, 0.6) is 11.6 Å². The number of hydrogen-bond acceptors (Lipinski definition) is 7. The number of hydrogen-bond donors (Lipinski definition) is 1. The van der Waals surface area contributed by atoms with Gasteiger partial charge in [-0.2, -0.15) is 0 Å². The number of likely N-dealkylation sites (N-methyl/N-ethyl adjacent to an activating group) is 1. The molecule has 0 saturated carbocycles. The third-order valence-corrected chi connectivity index (χ3v) is 8.29. The molecule has 2 fully saturated rings. The van der Waals surface area contributed by atoms with Gasteiger partial charge in [-0.05, 0) is 80.9 Å². The molecule has 40 heavy (non-hydrogen) atoms. The Hall–Kier alpha value is -2.91. The van der Waals surface area contributed by atoms with Crippen molar-refractivity contribution in [3.63, 3.8) is 0 Å². The predicted molar refractivity (Wildman–Crippen MR) is 159 cm³/mol. The minimum atomic E-state index is -0.707. The molecule has 0 radical (unpaired) electrons. The summed E-state index contributed by atoms with van der Waals surface area (Å²) in [5, 5.41) is 10.7. The van der Waals surface area contributed by atoms with Gasteiger partial charge in [-0.1, -0.05) is 30.1 Å². The second-order valence-electron chi connectivity index (χ2n) is 10.9. The Morgan fingerprint density at radius 3 is 2.40 bits per heavy atom. The third kappa shape index (κ3) is 7.23. The van der Waals surface area contributed by atoms with Crippen LogP contribution >= 0.6 is 23.2 Å². The van der Waals surface area contributed by atoms with Gasteiger partial charge in [0.2, 0.25) is 5.88 Å². The molecule has 1 unspecified atom stereocenters. The summed E-state index contributed by atoms with van der Waals surface area (Å²) < 4.78 is 6.22. The van der Waals surface area contributed by atoms with Gasteiger partial charge in [-0.15, -0.1) is 0 Å². The fourth-order valence-electron chi connectivity index (χ4n) is 5.42. The zero-order chi connectivity index (χ0) is 28.2. The largest absolute Gasteiger partial charge is 0.481 e. The lowest BCUT2D eigenvalue weighted by Gasteiger charge is -2.33. The first-order valence-corrected chi connectivity index (χ1v) is 14.5. The maximum atomic E-state index is 11.7. The lowest BCUT2D eigenvalue weighted by Crippen LogP contribution is -2.44. The van der Waals surface area contributed by atoms with Gasteiger partial charge in [-0.25, -0.2) is 9.97 Å². The maximum Gasteiger partial charge on any atom is 0.306 e. The summed E-state index contributed by atoms with van der Waals surface area (Å²) in [7, 11) is 2.13. The van der Waals surface area contributed by atoms with Crippen LogP contribution in [0.1, 0.15) is 25.3 Å². The predicted octanol–water partition coefficient (Wildman–Crippen LogP) is 5.93. The number of ether oxygens (including phenoxy) is 1. The van der Waals surface area contributed by atoms with Crippen LogP contribution < -0.4 is 9.64 Å². The molecule has 0 spiro atoms. The summed E-state index contributed by atoms with van der Waals surface area (Å²) in [5.74, 6) is 1.11. The van der Waals surface area contributed by atoms with Crippen LogP contribution in [-0.2, 0) is 11.3 Å². The molecule has 2 aliphatic heterocycles. The highest BCUT2D eigenvalue weighted by Crippen LogP contribution is 2.31. The maximum absolute atomic E-state index is 11.7. The molecule has 2 aliphatic rings. The van der Waals surface area contributed by atoms with Crippen LogP contribution in [0.3, 0.4) is 0 Å². The zero-order valence-corrected chi connectivity index (χ0v) is 24.4. The van der Waals surface area contributed by atoms with Crippen molar-refractivity contribution >= 4 is 35.0 Å². The monoisotopic (exact) mass is 583 g/mol. The number of likely N-dealkylation sites (tertiary alicyclic amines) is 1. The number of carbonyl (C=O) groups is 1. The van der Waals surface area contributed by atoms with E-state index in [2.05, 4.69) is 26.7 Å². The minimum absolute atomic E-state index is 0.143. The van der Waals surface area contributed by atoms with Gasteiger partial charge in [0, 0.05) is 54.4 Å². The second kappa shape index (κ2) is 12.7. The Morgan fingerprint density at radius 2 is 1.73 bits per heavy atom. The molecule has 2 saturated heterocycles. The van der Waals surface area contributed by atoms with Crippen LogP contribution in [0, 0.1) is 11.8 Å². The van der Waals surface area contributed by atoms with E-state index in [9.17, 15) is 9.90 Å². The van der Waals surface area contributed by atoms with E-state index < -0.39 is 5.97 Å². The van der Waals surface area contributed by atoms with Crippen LogP contribution in [0.15, 0.2) is 48.7 Å². The quantitative estimate of drug-likeness (QED) is 0.366. The van der Waals surface area contributed by atoms with Gasteiger partial charge < -0.3 is 19.6 Å². The Bertz CT molecular complexity index is 1310. The standard InChI is InChI=1S/C30H35Cl2N5O3/c1-20-5-7-36(8-6-26(20)30(38)39)19-21-13-27(22-15-23(31)17-24(32)16-22)34-29(14-21)40-25-3-4-28(33-18-25)37-11-9-35(2)10-12-37/h3-4,13-18,20,26H,5-12,19H2,1-2H3,(H,38,39)/t20-,26?/m0/s1. The van der Waals surface area contributed by atoms with Gasteiger partial charge >= 0.3 is 5.97 Å². The molecule has 10 heteroatoms.